The molecule has 0 atom stereocenters. The fourth-order valence-corrected chi connectivity index (χ4v) is 2.47. The van der Waals surface area contributed by atoms with E-state index in [0.717, 1.165) is 34.8 Å². The number of anilines is 1. The van der Waals surface area contributed by atoms with E-state index in [9.17, 15) is 0 Å². The first-order valence-electron chi connectivity index (χ1n) is 7.26. The Balaban J connectivity index is 3.27. The molecule has 0 radical (unpaired) electrons. The van der Waals surface area contributed by atoms with Gasteiger partial charge in [-0.1, -0.05) is 13.8 Å². The number of hydrogen-bond donors (Lipinski definition) is 1. The van der Waals surface area contributed by atoms with E-state index in [2.05, 4.69) is 47.0 Å². The lowest BCUT2D eigenvalue weighted by Gasteiger charge is -2.25. The largest absolute Gasteiger partial charge is 0.369 e. The van der Waals surface area contributed by atoms with Gasteiger partial charge < -0.3 is 10.1 Å². The molecule has 0 saturated heterocycles. The third-order valence-electron chi connectivity index (χ3n) is 2.91. The van der Waals surface area contributed by atoms with E-state index in [0.29, 0.717) is 12.5 Å². The van der Waals surface area contributed by atoms with Crippen LogP contribution in [0.2, 0.25) is 0 Å². The lowest BCUT2D eigenvalue weighted by atomic mass is 10.1. The molecule has 1 N–H and O–H groups in total. The van der Waals surface area contributed by atoms with E-state index < -0.39 is 5.60 Å². The average molecular weight is 344 g/mol. The van der Waals surface area contributed by atoms with Crippen LogP contribution in [0.3, 0.4) is 0 Å². The summed E-state index contributed by atoms with van der Waals surface area (Å²) in [4.78, 5) is 9.35. The van der Waals surface area contributed by atoms with E-state index in [-0.39, 0.29) is 0 Å². The van der Waals surface area contributed by atoms with Gasteiger partial charge in [0.25, 0.3) is 0 Å². The molecule has 4 nitrogen and oxygen atoms in total. The highest BCUT2D eigenvalue weighted by molar-refractivity contribution is 9.10. The first kappa shape index (κ1) is 17.4. The molecule has 0 spiro atoms. The number of hydrogen-bond acceptors (Lipinski definition) is 4. The monoisotopic (exact) mass is 343 g/mol. The summed E-state index contributed by atoms with van der Waals surface area (Å²) in [6.45, 7) is 13.9. The van der Waals surface area contributed by atoms with Crippen molar-refractivity contribution >= 4 is 21.7 Å². The summed E-state index contributed by atoms with van der Waals surface area (Å²) in [6, 6.07) is 0. The summed E-state index contributed by atoms with van der Waals surface area (Å²) in [5.41, 5.74) is 0.555. The minimum Gasteiger partial charge on any atom is -0.369 e. The van der Waals surface area contributed by atoms with E-state index in [1.165, 1.54) is 0 Å². The van der Waals surface area contributed by atoms with Crippen molar-refractivity contribution in [2.24, 2.45) is 5.92 Å². The zero-order valence-electron chi connectivity index (χ0n) is 13.4. The number of halogens is 1. The van der Waals surface area contributed by atoms with E-state index in [1.807, 2.05) is 20.8 Å². The predicted molar refractivity (Wildman–Crippen MR) is 87.1 cm³/mol. The van der Waals surface area contributed by atoms with E-state index >= 15 is 0 Å². The highest BCUT2D eigenvalue weighted by atomic mass is 79.9. The topological polar surface area (TPSA) is 47.0 Å². The van der Waals surface area contributed by atoms with Crippen molar-refractivity contribution in [3.05, 3.63) is 16.0 Å². The molecule has 0 aromatic carbocycles. The van der Waals surface area contributed by atoms with Gasteiger partial charge in [0.2, 0.25) is 0 Å². The second-order valence-corrected chi connectivity index (χ2v) is 6.52. The molecular weight excluding hydrogens is 318 g/mol. The molecule has 0 unspecified atom stereocenters. The van der Waals surface area contributed by atoms with Gasteiger partial charge in [0, 0.05) is 13.2 Å². The fraction of sp³-hybridized carbons (Fsp3) is 0.733. The Morgan fingerprint density at radius 1 is 1.25 bits per heavy atom. The molecule has 114 valence electrons. The van der Waals surface area contributed by atoms with Crippen LogP contribution in [0.25, 0.3) is 0 Å². The highest BCUT2D eigenvalue weighted by Crippen LogP contribution is 2.30. The Bertz CT molecular complexity index is 447. The minimum atomic E-state index is -0.481. The second kappa shape index (κ2) is 7.36. The first-order chi connectivity index (χ1) is 9.31. The van der Waals surface area contributed by atoms with Crippen molar-refractivity contribution in [3.8, 4) is 0 Å². The van der Waals surface area contributed by atoms with Gasteiger partial charge in [0.15, 0.2) is 5.82 Å². The molecule has 20 heavy (non-hydrogen) atoms. The second-order valence-electron chi connectivity index (χ2n) is 5.73. The molecule has 1 heterocycles. The maximum absolute atomic E-state index is 5.78. The lowest BCUT2D eigenvalue weighted by molar-refractivity contribution is -0.0209. The third kappa shape index (κ3) is 4.42. The summed E-state index contributed by atoms with van der Waals surface area (Å²) in [5.74, 6) is 2.12. The van der Waals surface area contributed by atoms with Crippen LogP contribution < -0.4 is 5.32 Å². The lowest BCUT2D eigenvalue weighted by Crippen LogP contribution is -2.26. The Morgan fingerprint density at radius 3 is 2.40 bits per heavy atom. The van der Waals surface area contributed by atoms with Crippen LogP contribution in [0.4, 0.5) is 5.82 Å². The maximum atomic E-state index is 5.78. The summed E-state index contributed by atoms with van der Waals surface area (Å²) in [5, 5.41) is 3.29. The van der Waals surface area contributed by atoms with Crippen molar-refractivity contribution in [1.82, 2.24) is 9.97 Å². The van der Waals surface area contributed by atoms with Crippen molar-refractivity contribution < 1.29 is 4.74 Å². The quantitative estimate of drug-likeness (QED) is 0.808. The van der Waals surface area contributed by atoms with Crippen LogP contribution in [0.15, 0.2) is 4.47 Å². The Kier molecular flexibility index (Phi) is 6.40. The molecule has 0 aliphatic rings. The highest BCUT2D eigenvalue weighted by Gasteiger charge is 2.27. The first-order valence-corrected chi connectivity index (χ1v) is 8.05. The van der Waals surface area contributed by atoms with E-state index in [1.54, 1.807) is 0 Å². The SMILES string of the molecule is CCNc1nc(C(C)(C)OCC)nc(CC(C)C)c1Br. The number of nitrogens with one attached hydrogen (secondary N) is 1. The summed E-state index contributed by atoms with van der Waals surface area (Å²) >= 11 is 3.62. The molecule has 1 rings (SSSR count). The Labute approximate surface area is 130 Å². The predicted octanol–water partition coefficient (Wildman–Crippen LogP) is 4.14. The normalized spacial score (nSPS) is 12.0. The molecular formula is C15H26BrN3O. The summed E-state index contributed by atoms with van der Waals surface area (Å²) < 4.78 is 6.74. The van der Waals surface area contributed by atoms with Gasteiger partial charge in [-0.2, -0.15) is 0 Å². The zero-order valence-corrected chi connectivity index (χ0v) is 15.0. The molecule has 1 aromatic heterocycles. The van der Waals surface area contributed by atoms with Gasteiger partial charge in [-0.25, -0.2) is 9.97 Å². The molecule has 0 aliphatic carbocycles. The molecule has 0 bridgehead atoms. The van der Waals surface area contributed by atoms with Crippen LogP contribution in [0.5, 0.6) is 0 Å². The average Bonchev–Trinajstić information content (AvgIpc) is 2.33. The molecule has 0 amide bonds. The van der Waals surface area contributed by atoms with Crippen LogP contribution in [-0.2, 0) is 16.8 Å². The standard InChI is InChI=1S/C15H26BrN3O/c1-7-17-13-12(16)11(9-10(3)4)18-14(19-13)15(5,6)20-8-2/h10H,7-9H2,1-6H3,(H,17,18,19). The zero-order chi connectivity index (χ0) is 15.3. The van der Waals surface area contributed by atoms with Crippen molar-refractivity contribution in [2.45, 2.75) is 53.6 Å². The third-order valence-corrected chi connectivity index (χ3v) is 3.74. The van der Waals surface area contributed by atoms with Gasteiger partial charge in [-0.15, -0.1) is 0 Å². The smallest absolute Gasteiger partial charge is 0.162 e. The van der Waals surface area contributed by atoms with Crippen LogP contribution in [0.1, 0.15) is 53.1 Å². The van der Waals surface area contributed by atoms with Gasteiger partial charge >= 0.3 is 0 Å². The molecule has 0 fully saturated rings. The van der Waals surface area contributed by atoms with E-state index in [4.69, 9.17) is 9.72 Å². The molecule has 1 aromatic rings. The van der Waals surface area contributed by atoms with Crippen molar-refractivity contribution in [2.75, 3.05) is 18.5 Å². The number of aromatic nitrogens is 2. The molecule has 0 aliphatic heterocycles. The summed E-state index contributed by atoms with van der Waals surface area (Å²) in [6.07, 6.45) is 0.913. The summed E-state index contributed by atoms with van der Waals surface area (Å²) in [7, 11) is 0. The Morgan fingerprint density at radius 2 is 1.90 bits per heavy atom. The number of nitrogens with zero attached hydrogens (tertiary/aromatic N) is 2. The molecule has 0 saturated carbocycles. The Hall–Kier alpha value is -0.680. The molecule has 5 heteroatoms. The van der Waals surface area contributed by atoms with Gasteiger partial charge in [-0.05, 0) is 56.0 Å². The number of rotatable bonds is 7. The van der Waals surface area contributed by atoms with Crippen LogP contribution in [0, 0.1) is 5.92 Å². The van der Waals surface area contributed by atoms with Crippen molar-refractivity contribution in [1.29, 1.82) is 0 Å². The van der Waals surface area contributed by atoms with Crippen LogP contribution >= 0.6 is 15.9 Å². The van der Waals surface area contributed by atoms with Gasteiger partial charge in [-0.3, -0.25) is 0 Å². The minimum absolute atomic E-state index is 0.481. The van der Waals surface area contributed by atoms with Crippen LogP contribution in [-0.4, -0.2) is 23.1 Å². The van der Waals surface area contributed by atoms with Crippen molar-refractivity contribution in [3.63, 3.8) is 0 Å². The van der Waals surface area contributed by atoms with Gasteiger partial charge in [0.1, 0.15) is 11.4 Å². The van der Waals surface area contributed by atoms with Gasteiger partial charge in [0.05, 0.1) is 10.2 Å². The maximum Gasteiger partial charge on any atom is 0.162 e. The number of ether oxygens (including phenoxy) is 1. The fourth-order valence-electron chi connectivity index (χ4n) is 1.99.